The smallest absolute Gasteiger partial charge is 0.254 e. The van der Waals surface area contributed by atoms with Crippen molar-refractivity contribution in [3.05, 3.63) is 35.5 Å². The zero-order valence-corrected chi connectivity index (χ0v) is 22.4. The van der Waals surface area contributed by atoms with Gasteiger partial charge in [0.15, 0.2) is 27.0 Å². The fourth-order valence-corrected chi connectivity index (χ4v) is 6.57. The van der Waals surface area contributed by atoms with Crippen molar-refractivity contribution in [1.82, 2.24) is 19.7 Å². The monoisotopic (exact) mass is 514 g/mol. The maximum absolute atomic E-state index is 13.9. The lowest BCUT2D eigenvalue weighted by atomic mass is 10.0. The molecule has 1 saturated heterocycles. The van der Waals surface area contributed by atoms with E-state index in [9.17, 15) is 13.2 Å². The Hall–Kier alpha value is -3.14. The molecule has 0 N–H and O–H groups in total. The third-order valence-corrected chi connectivity index (χ3v) is 8.33. The van der Waals surface area contributed by atoms with E-state index in [1.165, 1.54) is 0 Å². The van der Waals surface area contributed by atoms with Crippen LogP contribution in [0, 0.1) is 6.92 Å². The number of hydrogen-bond acceptors (Lipinski definition) is 7. The standard InChI is InChI=1S/C26H34N4O5S/c1-6-11-29(12-7-2)26(31)20-15-21(18-8-9-22(34-4)23(14-18)35-5)27-25-24(20)17(3)28-30(25)19-10-13-36(32,33)16-19/h8-9,14-15,19H,6-7,10-13,16H2,1-5H3. The molecule has 0 spiro atoms. The number of rotatable bonds is 9. The van der Waals surface area contributed by atoms with Gasteiger partial charge in [0.05, 0.1) is 54.1 Å². The van der Waals surface area contributed by atoms with Crippen molar-refractivity contribution in [2.24, 2.45) is 0 Å². The van der Waals surface area contributed by atoms with Gasteiger partial charge in [-0.2, -0.15) is 5.10 Å². The number of aryl methyl sites for hydroxylation is 1. The Labute approximate surface area is 212 Å². The second-order valence-electron chi connectivity index (χ2n) is 9.20. The van der Waals surface area contributed by atoms with Gasteiger partial charge >= 0.3 is 0 Å². The van der Waals surface area contributed by atoms with Gasteiger partial charge in [0.2, 0.25) is 0 Å². The van der Waals surface area contributed by atoms with Gasteiger partial charge in [-0.15, -0.1) is 0 Å². The molecule has 1 aliphatic rings. The average Bonchev–Trinajstić information content (AvgIpc) is 3.40. The first kappa shape index (κ1) is 25.9. The Balaban J connectivity index is 1.95. The number of aromatic nitrogens is 3. The van der Waals surface area contributed by atoms with Crippen molar-refractivity contribution in [2.75, 3.05) is 38.8 Å². The molecule has 194 valence electrons. The van der Waals surface area contributed by atoms with Gasteiger partial charge in [0.1, 0.15) is 0 Å². The number of nitrogens with zero attached hydrogens (tertiary/aromatic N) is 4. The minimum atomic E-state index is -3.13. The molecule has 0 radical (unpaired) electrons. The highest BCUT2D eigenvalue weighted by molar-refractivity contribution is 7.91. The van der Waals surface area contributed by atoms with Crippen LogP contribution in [0.2, 0.25) is 0 Å². The molecule has 1 unspecified atom stereocenters. The van der Waals surface area contributed by atoms with Crippen LogP contribution in [0.5, 0.6) is 11.5 Å². The molecule has 1 aliphatic heterocycles. The summed E-state index contributed by atoms with van der Waals surface area (Å²) in [6.45, 7) is 7.25. The van der Waals surface area contributed by atoms with E-state index < -0.39 is 9.84 Å². The molecule has 1 atom stereocenters. The quantitative estimate of drug-likeness (QED) is 0.424. The van der Waals surface area contributed by atoms with Crippen molar-refractivity contribution in [2.45, 2.75) is 46.1 Å². The summed E-state index contributed by atoms with van der Waals surface area (Å²) in [7, 11) is 0.0133. The number of sulfone groups is 1. The molecule has 0 aliphatic carbocycles. The summed E-state index contributed by atoms with van der Waals surface area (Å²) >= 11 is 0. The summed E-state index contributed by atoms with van der Waals surface area (Å²) < 4.78 is 37.0. The molecule has 1 aromatic carbocycles. The van der Waals surface area contributed by atoms with Crippen LogP contribution in [0.4, 0.5) is 0 Å². The van der Waals surface area contributed by atoms with Crippen molar-refractivity contribution in [1.29, 1.82) is 0 Å². The number of benzene rings is 1. The average molecular weight is 515 g/mol. The maximum atomic E-state index is 13.9. The molecular weight excluding hydrogens is 480 g/mol. The van der Waals surface area contributed by atoms with E-state index in [0.717, 1.165) is 18.4 Å². The van der Waals surface area contributed by atoms with Gasteiger partial charge in [0, 0.05) is 18.7 Å². The molecule has 3 aromatic rings. The van der Waals surface area contributed by atoms with Gasteiger partial charge in [-0.05, 0) is 50.5 Å². The minimum Gasteiger partial charge on any atom is -0.493 e. The lowest BCUT2D eigenvalue weighted by molar-refractivity contribution is 0.0757. The number of pyridine rings is 1. The molecule has 1 amide bonds. The van der Waals surface area contributed by atoms with Crippen LogP contribution in [-0.2, 0) is 9.84 Å². The van der Waals surface area contributed by atoms with Crippen LogP contribution in [0.1, 0.15) is 55.2 Å². The second kappa shape index (κ2) is 10.5. The van der Waals surface area contributed by atoms with Gasteiger partial charge < -0.3 is 14.4 Å². The summed E-state index contributed by atoms with van der Waals surface area (Å²) in [6.07, 6.45) is 2.17. The molecule has 36 heavy (non-hydrogen) atoms. The zero-order valence-electron chi connectivity index (χ0n) is 21.6. The van der Waals surface area contributed by atoms with Gasteiger partial charge in [-0.3, -0.25) is 4.79 Å². The highest BCUT2D eigenvalue weighted by atomic mass is 32.2. The SMILES string of the molecule is CCCN(CCC)C(=O)c1cc(-c2ccc(OC)c(OC)c2)nc2c1c(C)nn2C1CCS(=O)(=O)C1. The van der Waals surface area contributed by atoms with Crippen molar-refractivity contribution < 1.29 is 22.7 Å². The Kier molecular flexibility index (Phi) is 7.54. The Morgan fingerprint density at radius 2 is 1.81 bits per heavy atom. The number of hydrogen-bond donors (Lipinski definition) is 0. The predicted molar refractivity (Wildman–Crippen MR) is 140 cm³/mol. The van der Waals surface area contributed by atoms with E-state index in [-0.39, 0.29) is 23.5 Å². The van der Waals surface area contributed by atoms with E-state index in [2.05, 4.69) is 13.8 Å². The van der Waals surface area contributed by atoms with Crippen molar-refractivity contribution in [3.63, 3.8) is 0 Å². The van der Waals surface area contributed by atoms with Crippen LogP contribution in [0.25, 0.3) is 22.3 Å². The molecule has 4 rings (SSSR count). The maximum Gasteiger partial charge on any atom is 0.254 e. The van der Waals surface area contributed by atoms with Gasteiger partial charge in [-0.1, -0.05) is 13.8 Å². The highest BCUT2D eigenvalue weighted by Crippen LogP contribution is 2.35. The first-order valence-corrected chi connectivity index (χ1v) is 14.2. The molecule has 0 bridgehead atoms. The molecule has 10 heteroatoms. The van der Waals surface area contributed by atoms with Gasteiger partial charge in [-0.25, -0.2) is 18.1 Å². The largest absolute Gasteiger partial charge is 0.493 e. The second-order valence-corrected chi connectivity index (χ2v) is 11.4. The Morgan fingerprint density at radius 3 is 2.39 bits per heavy atom. The summed E-state index contributed by atoms with van der Waals surface area (Å²) in [6, 6.07) is 6.99. The number of carbonyl (C=O) groups excluding carboxylic acids is 1. The molecule has 1 fully saturated rings. The molecule has 3 heterocycles. The zero-order chi connectivity index (χ0) is 26.0. The number of amides is 1. The third kappa shape index (κ3) is 4.91. The predicted octanol–water partition coefficient (Wildman–Crippen LogP) is 4.05. The third-order valence-electron chi connectivity index (χ3n) is 6.58. The van der Waals surface area contributed by atoms with Crippen molar-refractivity contribution >= 4 is 26.8 Å². The minimum absolute atomic E-state index is 0.0204. The Bertz CT molecular complexity index is 1380. The van der Waals surface area contributed by atoms with E-state index in [4.69, 9.17) is 19.6 Å². The normalized spacial score (nSPS) is 16.9. The first-order valence-electron chi connectivity index (χ1n) is 12.3. The Morgan fingerprint density at radius 1 is 1.11 bits per heavy atom. The van der Waals surface area contributed by atoms with Crippen LogP contribution in [0.15, 0.2) is 24.3 Å². The number of ether oxygens (including phenoxy) is 2. The first-order chi connectivity index (χ1) is 17.2. The molecule has 0 saturated carbocycles. The van der Waals surface area contributed by atoms with E-state index in [0.29, 0.717) is 59.0 Å². The van der Waals surface area contributed by atoms with E-state index in [1.54, 1.807) is 25.0 Å². The number of fused-ring (bicyclic) bond motifs is 1. The number of methoxy groups -OCH3 is 2. The van der Waals surface area contributed by atoms with Crippen LogP contribution in [-0.4, -0.2) is 72.8 Å². The molecule has 2 aromatic heterocycles. The van der Waals surface area contributed by atoms with Gasteiger partial charge in [0.25, 0.3) is 5.91 Å². The lowest BCUT2D eigenvalue weighted by Gasteiger charge is -2.22. The lowest BCUT2D eigenvalue weighted by Crippen LogP contribution is -2.32. The summed E-state index contributed by atoms with van der Waals surface area (Å²) in [4.78, 5) is 20.6. The molecule has 9 nitrogen and oxygen atoms in total. The van der Waals surface area contributed by atoms with Crippen LogP contribution in [0.3, 0.4) is 0 Å². The summed E-state index contributed by atoms with van der Waals surface area (Å²) in [5.41, 5.74) is 3.05. The highest BCUT2D eigenvalue weighted by Gasteiger charge is 2.33. The topological polar surface area (TPSA) is 104 Å². The summed E-state index contributed by atoms with van der Waals surface area (Å²) in [5.74, 6) is 1.21. The van der Waals surface area contributed by atoms with E-state index >= 15 is 0 Å². The molecular formula is C26H34N4O5S. The van der Waals surface area contributed by atoms with E-state index in [1.807, 2.05) is 30.0 Å². The van der Waals surface area contributed by atoms with Crippen LogP contribution >= 0.6 is 0 Å². The van der Waals surface area contributed by atoms with Crippen LogP contribution < -0.4 is 9.47 Å². The summed E-state index contributed by atoms with van der Waals surface area (Å²) in [5, 5.41) is 5.37. The fourth-order valence-electron chi connectivity index (χ4n) is 4.87. The number of carbonyl (C=O) groups is 1. The fraction of sp³-hybridized carbons (Fsp3) is 0.500. The van der Waals surface area contributed by atoms with Crippen molar-refractivity contribution in [3.8, 4) is 22.8 Å².